The van der Waals surface area contributed by atoms with Crippen LogP contribution in [-0.2, 0) is 0 Å². The number of benzene rings is 3. The van der Waals surface area contributed by atoms with Crippen LogP contribution in [0.2, 0.25) is 0 Å². The minimum atomic E-state index is -0.213. The maximum absolute atomic E-state index is 13.7. The van der Waals surface area contributed by atoms with Crippen molar-refractivity contribution in [3.8, 4) is 44.7 Å². The van der Waals surface area contributed by atoms with Crippen molar-refractivity contribution < 1.29 is 0 Å². The highest BCUT2D eigenvalue weighted by Gasteiger charge is 2.21. The summed E-state index contributed by atoms with van der Waals surface area (Å²) in [6.45, 7) is 1.89. The lowest BCUT2D eigenvalue weighted by Gasteiger charge is -2.09. The lowest BCUT2D eigenvalue weighted by molar-refractivity contribution is 0.897. The Morgan fingerprint density at radius 2 is 1.58 bits per heavy atom. The van der Waals surface area contributed by atoms with Crippen molar-refractivity contribution in [3.05, 3.63) is 100 Å². The van der Waals surface area contributed by atoms with Crippen LogP contribution in [0.4, 0.5) is 5.69 Å². The van der Waals surface area contributed by atoms with Crippen molar-refractivity contribution >= 4 is 24.0 Å². The minimum absolute atomic E-state index is 0.213. The molecular formula is C27H20N4OS. The fourth-order valence-electron chi connectivity index (χ4n) is 4.08. The molecule has 0 fully saturated rings. The van der Waals surface area contributed by atoms with Gasteiger partial charge in [0.05, 0.1) is 11.1 Å². The minimum Gasteiger partial charge on any atom is -0.398 e. The lowest BCUT2D eigenvalue weighted by atomic mass is 10.0. The second kappa shape index (κ2) is 8.38. The Morgan fingerprint density at radius 1 is 0.909 bits per heavy atom. The van der Waals surface area contributed by atoms with Crippen LogP contribution in [0.3, 0.4) is 0 Å². The third-order valence-electron chi connectivity index (χ3n) is 5.61. The molecule has 3 aromatic carbocycles. The van der Waals surface area contributed by atoms with Crippen LogP contribution in [0.25, 0.3) is 39.2 Å². The molecule has 0 unspecified atom stereocenters. The van der Waals surface area contributed by atoms with E-state index < -0.39 is 0 Å². The topological polar surface area (TPSA) is 76.2 Å². The molecule has 2 heterocycles. The van der Waals surface area contributed by atoms with Crippen molar-refractivity contribution in [2.24, 2.45) is 0 Å². The maximum atomic E-state index is 13.7. The molecule has 0 spiro atoms. The van der Waals surface area contributed by atoms with E-state index in [2.05, 4.69) is 28.8 Å². The average Bonchev–Trinajstić information content (AvgIpc) is 3.22. The predicted octanol–water partition coefficient (Wildman–Crippen LogP) is 5.15. The Balaban J connectivity index is 1.83. The summed E-state index contributed by atoms with van der Waals surface area (Å²) in [7, 11) is 0. The van der Waals surface area contributed by atoms with Gasteiger partial charge in [0, 0.05) is 22.5 Å². The fourth-order valence-corrected chi connectivity index (χ4v) is 4.20. The molecule has 0 bridgehead atoms. The summed E-state index contributed by atoms with van der Waals surface area (Å²) >= 11 is 3.97. The van der Waals surface area contributed by atoms with Crippen molar-refractivity contribution in [3.63, 3.8) is 0 Å². The summed E-state index contributed by atoms with van der Waals surface area (Å²) in [6.07, 6.45) is 0. The van der Waals surface area contributed by atoms with E-state index in [-0.39, 0.29) is 5.56 Å². The molecule has 0 atom stereocenters. The Hall–Kier alpha value is -4.21. The number of nitrogens with two attached hydrogens (primary N) is 1. The number of aromatic nitrogens is 3. The van der Waals surface area contributed by atoms with Crippen LogP contribution in [0, 0.1) is 18.1 Å². The fraction of sp³-hybridized carbons (Fsp3) is 0.0370. The first-order valence-corrected chi connectivity index (χ1v) is 10.8. The second-order valence-electron chi connectivity index (χ2n) is 7.69. The van der Waals surface area contributed by atoms with Gasteiger partial charge in [-0.15, -0.1) is 0 Å². The highest BCUT2D eigenvalue weighted by molar-refractivity contribution is 7.85. The highest BCUT2D eigenvalue weighted by atomic mass is 32.1. The Labute approximate surface area is 196 Å². The first-order chi connectivity index (χ1) is 16.1. The number of hydrogen-bond donors (Lipinski definition) is 3. The zero-order valence-corrected chi connectivity index (χ0v) is 18.7. The maximum Gasteiger partial charge on any atom is 0.282 e. The lowest BCUT2D eigenvalue weighted by Crippen LogP contribution is -2.19. The van der Waals surface area contributed by atoms with Crippen molar-refractivity contribution in [2.75, 3.05) is 5.73 Å². The molecule has 0 aliphatic rings. The number of rotatable bonds is 3. The quantitative estimate of drug-likeness (QED) is 0.203. The van der Waals surface area contributed by atoms with E-state index in [4.69, 9.17) is 10.8 Å². The Bertz CT molecular complexity index is 1610. The van der Waals surface area contributed by atoms with Gasteiger partial charge in [-0.1, -0.05) is 85.3 Å². The van der Waals surface area contributed by atoms with Gasteiger partial charge < -0.3 is 10.7 Å². The molecule has 0 aliphatic carbocycles. The van der Waals surface area contributed by atoms with Gasteiger partial charge in [0.2, 0.25) is 0 Å². The van der Waals surface area contributed by atoms with Crippen LogP contribution in [-0.4, -0.2) is 14.6 Å². The Morgan fingerprint density at radius 3 is 2.24 bits per heavy atom. The smallest absolute Gasteiger partial charge is 0.282 e. The monoisotopic (exact) mass is 448 g/mol. The van der Waals surface area contributed by atoms with Crippen molar-refractivity contribution in [2.45, 2.75) is 6.92 Å². The van der Waals surface area contributed by atoms with Crippen LogP contribution in [0.5, 0.6) is 0 Å². The summed E-state index contributed by atoms with van der Waals surface area (Å²) in [5.41, 5.74) is 13.1. The first kappa shape index (κ1) is 20.7. The number of anilines is 1. The number of nitrogens with one attached hydrogen (secondary N) is 1. The van der Waals surface area contributed by atoms with Gasteiger partial charge in [-0.05, 0) is 35.4 Å². The van der Waals surface area contributed by atoms with Crippen molar-refractivity contribution in [1.29, 1.82) is 0 Å². The zero-order valence-electron chi connectivity index (χ0n) is 17.8. The Kier molecular flexibility index (Phi) is 5.25. The number of hydrogen-bond acceptors (Lipinski definition) is 4. The van der Waals surface area contributed by atoms with Gasteiger partial charge in [0.15, 0.2) is 0 Å². The van der Waals surface area contributed by atoms with E-state index in [9.17, 15) is 4.79 Å². The molecule has 0 amide bonds. The summed E-state index contributed by atoms with van der Waals surface area (Å²) in [6, 6.07) is 25.2. The third-order valence-corrected chi connectivity index (χ3v) is 5.73. The molecule has 5 aromatic rings. The van der Waals surface area contributed by atoms with E-state index in [0.717, 1.165) is 28.1 Å². The van der Waals surface area contributed by atoms with Gasteiger partial charge in [-0.2, -0.15) is 9.61 Å². The first-order valence-electron chi connectivity index (χ1n) is 10.4. The normalized spacial score (nSPS) is 10.7. The number of thiol groups is 1. The van der Waals surface area contributed by atoms with Gasteiger partial charge in [0.25, 0.3) is 5.56 Å². The molecule has 0 radical (unpaired) electrons. The molecule has 2 aromatic heterocycles. The second-order valence-corrected chi connectivity index (χ2v) is 7.91. The number of aromatic amines is 1. The van der Waals surface area contributed by atoms with Gasteiger partial charge >= 0.3 is 0 Å². The van der Waals surface area contributed by atoms with Crippen LogP contribution < -0.4 is 11.3 Å². The molecule has 0 saturated heterocycles. The van der Waals surface area contributed by atoms with Gasteiger partial charge in [-0.25, -0.2) is 0 Å². The van der Waals surface area contributed by atoms with Gasteiger partial charge in [-0.3, -0.25) is 4.79 Å². The zero-order chi connectivity index (χ0) is 22.9. The molecule has 3 N–H and O–H groups in total. The number of nitrogens with zero attached hydrogens (tertiary/aromatic N) is 2. The summed E-state index contributed by atoms with van der Waals surface area (Å²) in [4.78, 5) is 17.2. The summed E-state index contributed by atoms with van der Waals surface area (Å²) < 4.78 is 1.45. The molecule has 5 rings (SSSR count). The molecule has 5 nitrogen and oxygen atoms in total. The van der Waals surface area contributed by atoms with Crippen LogP contribution in [0.1, 0.15) is 11.3 Å². The number of fused-ring (bicyclic) bond motifs is 1. The number of aryl methyl sites for hydroxylation is 1. The molecule has 33 heavy (non-hydrogen) atoms. The molecule has 160 valence electrons. The van der Waals surface area contributed by atoms with Crippen LogP contribution in [0.15, 0.2) is 83.7 Å². The van der Waals surface area contributed by atoms with Gasteiger partial charge in [0.1, 0.15) is 11.3 Å². The predicted molar refractivity (Wildman–Crippen MR) is 137 cm³/mol. The van der Waals surface area contributed by atoms with E-state index in [1.165, 1.54) is 4.52 Å². The summed E-state index contributed by atoms with van der Waals surface area (Å²) in [5, 5.41) is 7.34. The molecule has 0 aliphatic heterocycles. The van der Waals surface area contributed by atoms with Crippen molar-refractivity contribution in [1.82, 2.24) is 14.6 Å². The highest BCUT2D eigenvalue weighted by Crippen LogP contribution is 2.34. The van der Waals surface area contributed by atoms with Crippen LogP contribution >= 0.6 is 12.6 Å². The van der Waals surface area contributed by atoms with E-state index in [1.54, 1.807) is 6.07 Å². The third kappa shape index (κ3) is 3.59. The largest absolute Gasteiger partial charge is 0.398 e. The number of nitrogen functional groups attached to an aromatic ring is 1. The summed E-state index contributed by atoms with van der Waals surface area (Å²) in [5.74, 6) is 2.87. The number of H-pyrrole nitrogens is 1. The molecule has 0 saturated carbocycles. The van der Waals surface area contributed by atoms with E-state index in [1.807, 2.05) is 79.7 Å². The van der Waals surface area contributed by atoms with E-state index >= 15 is 0 Å². The molecule has 6 heteroatoms. The SMILES string of the molecule is Cc1[nH]c2c(-c3ccccc3)c(-c3ccccc3)nn2c(=O)c1-c1ccc(N)c(C#CS)c1. The molecular weight excluding hydrogens is 428 g/mol. The standard InChI is InChI=1S/C27H20N4OS/c1-17-23(21-12-13-22(28)20(16-21)14-15-33)27(32)31-26(29-17)24(18-8-4-2-5-9-18)25(30-31)19-10-6-3-7-11-19/h2-13,16,29,33H,28H2,1H3. The average molecular weight is 449 g/mol. The van der Waals surface area contributed by atoms with E-state index in [0.29, 0.717) is 28.0 Å².